The number of aromatic nitrogens is 2. The summed E-state index contributed by atoms with van der Waals surface area (Å²) in [5.41, 5.74) is 0. The van der Waals surface area contributed by atoms with Crippen molar-refractivity contribution in [2.45, 2.75) is 32.5 Å². The van der Waals surface area contributed by atoms with Crippen LogP contribution in [0.2, 0.25) is 0 Å². The molecule has 0 aliphatic carbocycles. The lowest BCUT2D eigenvalue weighted by Crippen LogP contribution is -2.26. The molecule has 0 aromatic carbocycles. The Morgan fingerprint density at radius 2 is 2.20 bits per heavy atom. The van der Waals surface area contributed by atoms with Crippen molar-refractivity contribution in [2.24, 2.45) is 0 Å². The van der Waals surface area contributed by atoms with Gasteiger partial charge in [-0.05, 0) is 6.42 Å². The second kappa shape index (κ2) is 4.46. The summed E-state index contributed by atoms with van der Waals surface area (Å²) in [5.74, 6) is -1.59. The van der Waals surface area contributed by atoms with Gasteiger partial charge in [0.05, 0.1) is 6.42 Å². The number of rotatable bonds is 4. The summed E-state index contributed by atoms with van der Waals surface area (Å²) in [5, 5.41) is 0. The zero-order chi connectivity index (χ0) is 11.5. The third-order valence-corrected chi connectivity index (χ3v) is 1.90. The van der Waals surface area contributed by atoms with E-state index in [1.54, 1.807) is 10.8 Å². The smallest absolute Gasteiger partial charge is 0.335 e. The van der Waals surface area contributed by atoms with Crippen molar-refractivity contribution >= 4 is 5.78 Å². The molecule has 0 fully saturated rings. The van der Waals surface area contributed by atoms with Gasteiger partial charge in [-0.2, -0.15) is 13.2 Å². The molecule has 0 spiro atoms. The molecule has 0 atom stereocenters. The highest BCUT2D eigenvalue weighted by molar-refractivity contribution is 5.85. The molecule has 0 saturated heterocycles. The zero-order valence-corrected chi connectivity index (χ0v) is 8.21. The number of aryl methyl sites for hydroxylation is 1. The third-order valence-electron chi connectivity index (χ3n) is 1.90. The summed E-state index contributed by atoms with van der Waals surface area (Å²) >= 11 is 0. The molecule has 0 amide bonds. The quantitative estimate of drug-likeness (QED) is 0.777. The number of hydrogen-bond acceptors (Lipinski definition) is 2. The van der Waals surface area contributed by atoms with Crippen LogP contribution in [0.15, 0.2) is 12.4 Å². The Bertz CT molecular complexity index is 343. The number of nitrogens with zero attached hydrogens (tertiary/aromatic N) is 2. The standard InChI is InChI=1S/C9H11F3N2O/c1-2-4-14-5-3-13-8(14)6-7(15)9(10,11)12/h3,5H,2,4,6H2,1H3. The maximum Gasteiger partial charge on any atom is 0.450 e. The third kappa shape index (κ3) is 3.07. The lowest BCUT2D eigenvalue weighted by atomic mass is 10.2. The van der Waals surface area contributed by atoms with E-state index < -0.39 is 18.4 Å². The Hall–Kier alpha value is -1.33. The Balaban J connectivity index is 2.72. The second-order valence-corrected chi connectivity index (χ2v) is 3.13. The number of hydrogen-bond donors (Lipinski definition) is 0. The highest BCUT2D eigenvalue weighted by atomic mass is 19.4. The number of carbonyl (C=O) groups is 1. The normalized spacial score (nSPS) is 11.7. The van der Waals surface area contributed by atoms with Gasteiger partial charge in [-0.25, -0.2) is 4.98 Å². The first-order chi connectivity index (χ1) is 6.95. The Kier molecular flexibility index (Phi) is 3.49. The zero-order valence-electron chi connectivity index (χ0n) is 8.21. The SMILES string of the molecule is CCCn1ccnc1CC(=O)C(F)(F)F. The summed E-state index contributed by atoms with van der Waals surface area (Å²) < 4.78 is 37.5. The first kappa shape index (κ1) is 11.7. The number of halogens is 3. The highest BCUT2D eigenvalue weighted by Crippen LogP contribution is 2.18. The highest BCUT2D eigenvalue weighted by Gasteiger charge is 2.38. The minimum Gasteiger partial charge on any atom is -0.335 e. The predicted molar refractivity (Wildman–Crippen MR) is 47.3 cm³/mol. The largest absolute Gasteiger partial charge is 0.450 e. The van der Waals surface area contributed by atoms with E-state index >= 15 is 0 Å². The van der Waals surface area contributed by atoms with Crippen molar-refractivity contribution in [3.8, 4) is 0 Å². The lowest BCUT2D eigenvalue weighted by molar-refractivity contribution is -0.170. The average Bonchev–Trinajstić information content (AvgIpc) is 2.52. The molecule has 1 heterocycles. The molecule has 0 unspecified atom stereocenters. The molecule has 0 aliphatic heterocycles. The van der Waals surface area contributed by atoms with Crippen LogP contribution in [0.3, 0.4) is 0 Å². The first-order valence-electron chi connectivity index (χ1n) is 4.55. The first-order valence-corrected chi connectivity index (χ1v) is 4.55. The minimum absolute atomic E-state index is 0.166. The van der Waals surface area contributed by atoms with Gasteiger partial charge in [0.2, 0.25) is 5.78 Å². The topological polar surface area (TPSA) is 34.9 Å². The van der Waals surface area contributed by atoms with Gasteiger partial charge in [-0.1, -0.05) is 6.92 Å². The molecular formula is C9H11F3N2O. The van der Waals surface area contributed by atoms with Crippen molar-refractivity contribution in [1.82, 2.24) is 9.55 Å². The van der Waals surface area contributed by atoms with E-state index in [4.69, 9.17) is 0 Å². The molecule has 3 nitrogen and oxygen atoms in total. The van der Waals surface area contributed by atoms with Crippen molar-refractivity contribution in [1.29, 1.82) is 0 Å². The fourth-order valence-electron chi connectivity index (χ4n) is 1.20. The molecular weight excluding hydrogens is 209 g/mol. The average molecular weight is 220 g/mol. The Morgan fingerprint density at radius 3 is 2.73 bits per heavy atom. The van der Waals surface area contributed by atoms with Crippen LogP contribution in [0, 0.1) is 0 Å². The molecule has 0 bridgehead atoms. The molecule has 15 heavy (non-hydrogen) atoms. The molecule has 0 radical (unpaired) electrons. The van der Waals surface area contributed by atoms with Gasteiger partial charge in [-0.3, -0.25) is 4.79 Å². The van der Waals surface area contributed by atoms with Crippen LogP contribution in [0.1, 0.15) is 19.2 Å². The summed E-state index contributed by atoms with van der Waals surface area (Å²) in [6.45, 7) is 2.47. The summed E-state index contributed by atoms with van der Waals surface area (Å²) in [6, 6.07) is 0. The van der Waals surface area contributed by atoms with Gasteiger partial charge < -0.3 is 4.57 Å². The van der Waals surface area contributed by atoms with E-state index in [1.165, 1.54) is 6.20 Å². The summed E-state index contributed by atoms with van der Waals surface area (Å²) in [7, 11) is 0. The van der Waals surface area contributed by atoms with Gasteiger partial charge in [0.15, 0.2) is 0 Å². The Labute approximate surface area is 84.9 Å². The molecule has 1 aromatic heterocycles. The van der Waals surface area contributed by atoms with Gasteiger partial charge in [-0.15, -0.1) is 0 Å². The summed E-state index contributed by atoms with van der Waals surface area (Å²) in [4.78, 5) is 14.4. The number of imidazole rings is 1. The van der Waals surface area contributed by atoms with E-state index in [0.29, 0.717) is 6.54 Å². The van der Waals surface area contributed by atoms with Crippen LogP contribution in [-0.2, 0) is 17.8 Å². The molecule has 1 rings (SSSR count). The van der Waals surface area contributed by atoms with Crippen molar-refractivity contribution < 1.29 is 18.0 Å². The molecule has 0 N–H and O–H groups in total. The van der Waals surface area contributed by atoms with E-state index in [9.17, 15) is 18.0 Å². The van der Waals surface area contributed by atoms with Gasteiger partial charge >= 0.3 is 6.18 Å². The van der Waals surface area contributed by atoms with Crippen LogP contribution >= 0.6 is 0 Å². The minimum atomic E-state index is -4.77. The fraction of sp³-hybridized carbons (Fsp3) is 0.556. The van der Waals surface area contributed by atoms with E-state index in [1.807, 2.05) is 6.92 Å². The van der Waals surface area contributed by atoms with Crippen molar-refractivity contribution in [2.75, 3.05) is 0 Å². The van der Waals surface area contributed by atoms with Crippen molar-refractivity contribution in [3.05, 3.63) is 18.2 Å². The number of Topliss-reactive ketones (excluding diaryl/α,β-unsaturated/α-hetero) is 1. The molecule has 1 aromatic rings. The Morgan fingerprint density at radius 1 is 1.53 bits per heavy atom. The van der Waals surface area contributed by atoms with Gasteiger partial charge in [0, 0.05) is 18.9 Å². The van der Waals surface area contributed by atoms with Gasteiger partial charge in [0.25, 0.3) is 0 Å². The number of ketones is 1. The second-order valence-electron chi connectivity index (χ2n) is 3.13. The summed E-state index contributed by atoms with van der Waals surface area (Å²) in [6.07, 6.45) is -1.71. The monoisotopic (exact) mass is 220 g/mol. The lowest BCUT2D eigenvalue weighted by Gasteiger charge is -2.07. The van der Waals surface area contributed by atoms with E-state index in [0.717, 1.165) is 6.42 Å². The molecule has 0 aliphatic rings. The van der Waals surface area contributed by atoms with Crippen LogP contribution in [0.5, 0.6) is 0 Å². The maximum absolute atomic E-state index is 12.0. The maximum atomic E-state index is 12.0. The molecule has 84 valence electrons. The number of carbonyl (C=O) groups excluding carboxylic acids is 1. The van der Waals surface area contributed by atoms with Gasteiger partial charge in [0.1, 0.15) is 5.82 Å². The number of alkyl halides is 3. The fourth-order valence-corrected chi connectivity index (χ4v) is 1.20. The van der Waals surface area contributed by atoms with Crippen LogP contribution in [-0.4, -0.2) is 21.5 Å². The van der Waals surface area contributed by atoms with Crippen molar-refractivity contribution in [3.63, 3.8) is 0 Å². The van der Waals surface area contributed by atoms with Crippen LogP contribution in [0.25, 0.3) is 0 Å². The molecule has 6 heteroatoms. The predicted octanol–water partition coefficient (Wildman–Crippen LogP) is 1.97. The van der Waals surface area contributed by atoms with E-state index in [-0.39, 0.29) is 5.82 Å². The van der Waals surface area contributed by atoms with Crippen LogP contribution < -0.4 is 0 Å². The molecule has 0 saturated carbocycles. The van der Waals surface area contributed by atoms with Crippen LogP contribution in [0.4, 0.5) is 13.2 Å². The van der Waals surface area contributed by atoms with E-state index in [2.05, 4.69) is 4.98 Å².